The Bertz CT molecular complexity index is 1070. The second kappa shape index (κ2) is 7.13. The molecule has 0 radical (unpaired) electrons. The van der Waals surface area contributed by atoms with Crippen LogP contribution in [0.2, 0.25) is 0 Å². The first kappa shape index (κ1) is 17.7. The van der Waals surface area contributed by atoms with Crippen molar-refractivity contribution >= 4 is 27.1 Å². The van der Waals surface area contributed by atoms with E-state index in [1.54, 1.807) is 23.2 Å². The number of rotatable bonds is 6. The van der Waals surface area contributed by atoms with E-state index in [1.807, 2.05) is 28.8 Å². The van der Waals surface area contributed by atoms with Crippen LogP contribution in [0.1, 0.15) is 18.7 Å². The molecule has 27 heavy (non-hydrogen) atoms. The second-order valence-corrected chi connectivity index (χ2v) is 8.23. The number of fused-ring (bicyclic) bond motifs is 1. The maximum absolute atomic E-state index is 12.5. The van der Waals surface area contributed by atoms with Gasteiger partial charge in [-0.25, -0.2) is 18.1 Å². The van der Waals surface area contributed by atoms with Crippen LogP contribution in [0.5, 0.6) is 0 Å². The highest BCUT2D eigenvalue weighted by Crippen LogP contribution is 2.22. The molecule has 4 rings (SSSR count). The number of imidazole rings is 1. The second-order valence-electron chi connectivity index (χ2n) is 6.46. The number of sulfonamides is 1. The predicted octanol–water partition coefficient (Wildman–Crippen LogP) is 1.98. The molecule has 1 aromatic carbocycles. The molecule has 2 aromatic heterocycles. The molecule has 0 bridgehead atoms. The van der Waals surface area contributed by atoms with Crippen molar-refractivity contribution in [3.8, 4) is 0 Å². The third kappa shape index (κ3) is 3.58. The number of pyridine rings is 1. The van der Waals surface area contributed by atoms with Crippen LogP contribution in [-0.4, -0.2) is 36.8 Å². The Balaban J connectivity index is 1.41. The van der Waals surface area contributed by atoms with Crippen molar-refractivity contribution in [1.29, 1.82) is 0 Å². The summed E-state index contributed by atoms with van der Waals surface area (Å²) >= 11 is 0. The summed E-state index contributed by atoms with van der Waals surface area (Å²) in [5.74, 6) is 0.881. The van der Waals surface area contributed by atoms with Crippen LogP contribution in [0.3, 0.4) is 0 Å². The van der Waals surface area contributed by atoms with Crippen molar-refractivity contribution in [1.82, 2.24) is 14.1 Å². The molecule has 3 heterocycles. The molecule has 3 aromatic rings. The van der Waals surface area contributed by atoms with Gasteiger partial charge >= 0.3 is 0 Å². The van der Waals surface area contributed by atoms with Crippen LogP contribution in [0, 0.1) is 0 Å². The van der Waals surface area contributed by atoms with Gasteiger partial charge in [0, 0.05) is 37.8 Å². The summed E-state index contributed by atoms with van der Waals surface area (Å²) in [6, 6.07) is 12.2. The molecule has 7 nitrogen and oxygen atoms in total. The highest BCUT2D eigenvalue weighted by molar-refractivity contribution is 7.89. The summed E-state index contributed by atoms with van der Waals surface area (Å²) in [6.07, 6.45) is 5.54. The third-order valence-corrected chi connectivity index (χ3v) is 6.17. The molecule has 0 aliphatic carbocycles. The predicted molar refractivity (Wildman–Crippen MR) is 102 cm³/mol. The average Bonchev–Trinajstić information content (AvgIpc) is 3.28. The molecule has 1 N–H and O–H groups in total. The van der Waals surface area contributed by atoms with Gasteiger partial charge in [0.25, 0.3) is 0 Å². The number of carbonyl (C=O) groups is 1. The molecule has 140 valence electrons. The van der Waals surface area contributed by atoms with Crippen molar-refractivity contribution < 1.29 is 13.2 Å². The van der Waals surface area contributed by atoms with Gasteiger partial charge in [-0.05, 0) is 42.8 Å². The number of nitrogens with zero attached hydrogens (tertiary/aromatic N) is 3. The van der Waals surface area contributed by atoms with E-state index in [4.69, 9.17) is 0 Å². The first-order valence-electron chi connectivity index (χ1n) is 8.86. The van der Waals surface area contributed by atoms with Crippen LogP contribution < -0.4 is 9.62 Å². The highest BCUT2D eigenvalue weighted by Gasteiger charge is 2.22. The number of anilines is 1. The topological polar surface area (TPSA) is 83.8 Å². The summed E-state index contributed by atoms with van der Waals surface area (Å²) in [7, 11) is -3.61. The van der Waals surface area contributed by atoms with E-state index in [9.17, 15) is 13.2 Å². The Labute approximate surface area is 157 Å². The van der Waals surface area contributed by atoms with E-state index < -0.39 is 10.0 Å². The average molecular weight is 384 g/mol. The Morgan fingerprint density at radius 2 is 1.93 bits per heavy atom. The quantitative estimate of drug-likeness (QED) is 0.704. The van der Waals surface area contributed by atoms with Crippen molar-refractivity contribution in [3.63, 3.8) is 0 Å². The summed E-state index contributed by atoms with van der Waals surface area (Å²) in [4.78, 5) is 18.0. The van der Waals surface area contributed by atoms with Crippen LogP contribution >= 0.6 is 0 Å². The lowest BCUT2D eigenvalue weighted by atomic mass is 10.3. The molecule has 0 unspecified atom stereocenters. The van der Waals surface area contributed by atoms with Gasteiger partial charge in [0.2, 0.25) is 15.9 Å². The summed E-state index contributed by atoms with van der Waals surface area (Å²) < 4.78 is 29.6. The zero-order chi connectivity index (χ0) is 18.9. The van der Waals surface area contributed by atoms with E-state index >= 15 is 0 Å². The van der Waals surface area contributed by atoms with Crippen molar-refractivity contribution in [2.75, 3.05) is 18.0 Å². The fraction of sp³-hybridized carbons (Fsp3) is 0.263. The number of hydrogen-bond acceptors (Lipinski definition) is 4. The van der Waals surface area contributed by atoms with Gasteiger partial charge in [-0.15, -0.1) is 0 Å². The van der Waals surface area contributed by atoms with E-state index in [0.29, 0.717) is 19.4 Å². The number of benzene rings is 1. The first-order chi connectivity index (χ1) is 13.0. The molecule has 1 aliphatic heterocycles. The van der Waals surface area contributed by atoms with Gasteiger partial charge < -0.3 is 9.30 Å². The van der Waals surface area contributed by atoms with Crippen molar-refractivity contribution in [3.05, 3.63) is 60.7 Å². The lowest BCUT2D eigenvalue weighted by Crippen LogP contribution is -2.27. The molecule has 0 spiro atoms. The van der Waals surface area contributed by atoms with E-state index in [2.05, 4.69) is 9.71 Å². The van der Waals surface area contributed by atoms with Gasteiger partial charge in [0.1, 0.15) is 5.82 Å². The standard InChI is InChI=1S/C19H20N4O3S/c24-19-5-3-13-23(19)15-6-8-17(9-7-15)27(25,26)21-11-10-18-20-14-16-4-1-2-12-22(16)18/h1-2,4,6-9,12,14,21H,3,5,10-11,13H2. The van der Waals surface area contributed by atoms with Gasteiger partial charge in [-0.1, -0.05) is 6.07 Å². The molecule has 1 fully saturated rings. The lowest BCUT2D eigenvalue weighted by Gasteiger charge is -2.16. The van der Waals surface area contributed by atoms with Crippen molar-refractivity contribution in [2.24, 2.45) is 0 Å². The Morgan fingerprint density at radius 3 is 2.67 bits per heavy atom. The Morgan fingerprint density at radius 1 is 1.11 bits per heavy atom. The van der Waals surface area contributed by atoms with Gasteiger partial charge in [-0.3, -0.25) is 4.79 Å². The van der Waals surface area contributed by atoms with Crippen LogP contribution in [0.25, 0.3) is 5.52 Å². The van der Waals surface area contributed by atoms with E-state index in [1.165, 1.54) is 12.1 Å². The maximum Gasteiger partial charge on any atom is 0.240 e. The molecule has 1 amide bonds. The largest absolute Gasteiger partial charge is 0.312 e. The minimum absolute atomic E-state index is 0.0793. The molecule has 0 saturated carbocycles. The van der Waals surface area contributed by atoms with E-state index in [0.717, 1.165) is 23.4 Å². The molecule has 1 saturated heterocycles. The molecule has 0 atom stereocenters. The van der Waals surface area contributed by atoms with Crippen LogP contribution in [0.15, 0.2) is 59.8 Å². The highest BCUT2D eigenvalue weighted by atomic mass is 32.2. The SMILES string of the molecule is O=C1CCCN1c1ccc(S(=O)(=O)NCCc2ncc3ccccn23)cc1. The smallest absolute Gasteiger partial charge is 0.240 e. The van der Waals surface area contributed by atoms with Gasteiger partial charge in [0.15, 0.2) is 0 Å². The summed E-state index contributed by atoms with van der Waals surface area (Å²) in [6.45, 7) is 0.935. The number of hydrogen-bond donors (Lipinski definition) is 1. The Hall–Kier alpha value is -2.71. The minimum Gasteiger partial charge on any atom is -0.312 e. The Kier molecular flexibility index (Phi) is 4.67. The zero-order valence-corrected chi connectivity index (χ0v) is 15.5. The number of carbonyl (C=O) groups excluding carboxylic acids is 1. The first-order valence-corrected chi connectivity index (χ1v) is 10.3. The fourth-order valence-corrected chi connectivity index (χ4v) is 4.32. The summed E-state index contributed by atoms with van der Waals surface area (Å²) in [5, 5.41) is 0. The monoisotopic (exact) mass is 384 g/mol. The number of aromatic nitrogens is 2. The van der Waals surface area contributed by atoms with Crippen molar-refractivity contribution in [2.45, 2.75) is 24.2 Å². The number of amides is 1. The lowest BCUT2D eigenvalue weighted by molar-refractivity contribution is -0.117. The fourth-order valence-electron chi connectivity index (χ4n) is 3.29. The van der Waals surface area contributed by atoms with Crippen LogP contribution in [-0.2, 0) is 21.2 Å². The third-order valence-electron chi connectivity index (χ3n) is 4.69. The van der Waals surface area contributed by atoms with E-state index in [-0.39, 0.29) is 17.3 Å². The van der Waals surface area contributed by atoms with Crippen LogP contribution in [0.4, 0.5) is 5.69 Å². The normalized spacial score (nSPS) is 15.0. The molecule has 1 aliphatic rings. The molecular weight excluding hydrogens is 364 g/mol. The molecular formula is C19H20N4O3S. The summed E-state index contributed by atoms with van der Waals surface area (Å²) in [5.41, 5.74) is 1.71. The number of nitrogens with one attached hydrogen (secondary N) is 1. The van der Waals surface area contributed by atoms with Gasteiger partial charge in [0.05, 0.1) is 16.6 Å². The minimum atomic E-state index is -3.61. The van der Waals surface area contributed by atoms with Gasteiger partial charge in [-0.2, -0.15) is 0 Å². The zero-order valence-electron chi connectivity index (χ0n) is 14.7. The molecule has 8 heteroatoms. The maximum atomic E-state index is 12.5.